The molecule has 0 amide bonds. The number of benzene rings is 2. The van der Waals surface area contributed by atoms with Gasteiger partial charge in [-0.05, 0) is 46.6 Å². The van der Waals surface area contributed by atoms with Crippen LogP contribution in [-0.4, -0.2) is 15.0 Å². The quantitative estimate of drug-likeness (QED) is 0.693. The number of aryl methyl sites for hydroxylation is 1. The number of ether oxygens (including phenoxy) is 1. The fourth-order valence-electron chi connectivity index (χ4n) is 2.10. The molecule has 3 aromatic rings. The maximum Gasteiger partial charge on any atom is 0.232 e. The lowest BCUT2D eigenvalue weighted by molar-refractivity contribution is 0.294. The van der Waals surface area contributed by atoms with E-state index in [4.69, 9.17) is 10.5 Å². The topological polar surface area (TPSA) is 86.0 Å². The number of nitrogens with zero attached hydrogens (tertiary/aromatic N) is 3. The predicted octanol–water partition coefficient (Wildman–Crippen LogP) is 3.85. The lowest BCUT2D eigenvalue weighted by atomic mass is 10.2. The number of halogens is 1. The van der Waals surface area contributed by atoms with Crippen LogP contribution in [0.4, 0.5) is 17.6 Å². The molecule has 0 aliphatic rings. The smallest absolute Gasteiger partial charge is 0.232 e. The zero-order valence-corrected chi connectivity index (χ0v) is 14.6. The number of nitrogen functional groups attached to an aromatic ring is 1. The molecule has 0 atom stereocenters. The summed E-state index contributed by atoms with van der Waals surface area (Å²) < 4.78 is 6.59. The Bertz CT molecular complexity index is 856. The van der Waals surface area contributed by atoms with Crippen LogP contribution in [0.15, 0.2) is 53.0 Å². The molecule has 0 fully saturated rings. The van der Waals surface area contributed by atoms with Crippen molar-refractivity contribution >= 4 is 33.5 Å². The molecule has 0 radical (unpaired) electrons. The molecule has 0 unspecified atom stereocenters. The summed E-state index contributed by atoms with van der Waals surface area (Å²) in [5, 5.41) is 3.16. The second-order valence-electron chi connectivity index (χ2n) is 5.09. The van der Waals surface area contributed by atoms with E-state index < -0.39 is 0 Å². The van der Waals surface area contributed by atoms with Gasteiger partial charge in [-0.3, -0.25) is 0 Å². The average Bonchev–Trinajstić information content (AvgIpc) is 2.56. The van der Waals surface area contributed by atoms with E-state index in [1.807, 2.05) is 55.5 Å². The Balaban J connectivity index is 1.77. The van der Waals surface area contributed by atoms with Gasteiger partial charge in [0.05, 0.1) is 4.47 Å². The van der Waals surface area contributed by atoms with Crippen molar-refractivity contribution in [2.24, 2.45) is 0 Å². The van der Waals surface area contributed by atoms with Crippen LogP contribution in [0.25, 0.3) is 0 Å². The Hall–Kier alpha value is -2.67. The Morgan fingerprint density at radius 2 is 1.79 bits per heavy atom. The normalized spacial score (nSPS) is 10.4. The van der Waals surface area contributed by atoms with Crippen molar-refractivity contribution in [1.29, 1.82) is 0 Å². The van der Waals surface area contributed by atoms with Crippen LogP contribution in [-0.2, 0) is 6.61 Å². The second-order valence-corrected chi connectivity index (χ2v) is 5.95. The second kappa shape index (κ2) is 7.27. The number of nitrogens with two attached hydrogens (primary N) is 1. The van der Waals surface area contributed by atoms with Gasteiger partial charge in [-0.2, -0.15) is 15.0 Å². The first-order valence-corrected chi connectivity index (χ1v) is 8.11. The minimum Gasteiger partial charge on any atom is -0.484 e. The summed E-state index contributed by atoms with van der Waals surface area (Å²) in [7, 11) is 0. The number of rotatable bonds is 5. The predicted molar refractivity (Wildman–Crippen MR) is 97.2 cm³/mol. The number of hydrogen-bond donors (Lipinski definition) is 2. The van der Waals surface area contributed by atoms with Crippen molar-refractivity contribution in [2.45, 2.75) is 13.5 Å². The largest absolute Gasteiger partial charge is 0.484 e. The highest BCUT2D eigenvalue weighted by Crippen LogP contribution is 2.24. The van der Waals surface area contributed by atoms with Crippen LogP contribution in [0.1, 0.15) is 11.4 Å². The third kappa shape index (κ3) is 3.99. The van der Waals surface area contributed by atoms with E-state index in [9.17, 15) is 0 Å². The fraction of sp³-hybridized carbons (Fsp3) is 0.118. The fourth-order valence-corrected chi connectivity index (χ4v) is 2.50. The lowest BCUT2D eigenvalue weighted by Crippen LogP contribution is -2.09. The van der Waals surface area contributed by atoms with E-state index in [0.29, 0.717) is 17.5 Å². The Kier molecular flexibility index (Phi) is 4.90. The van der Waals surface area contributed by atoms with Crippen LogP contribution in [0.3, 0.4) is 0 Å². The zero-order valence-electron chi connectivity index (χ0n) is 13.0. The molecule has 0 saturated carbocycles. The van der Waals surface area contributed by atoms with Gasteiger partial charge in [0.1, 0.15) is 12.4 Å². The maximum atomic E-state index is 5.78. The molecule has 3 rings (SSSR count). The molecule has 0 bridgehead atoms. The van der Waals surface area contributed by atoms with E-state index >= 15 is 0 Å². The van der Waals surface area contributed by atoms with Gasteiger partial charge >= 0.3 is 0 Å². The van der Waals surface area contributed by atoms with Crippen molar-refractivity contribution < 1.29 is 4.74 Å². The SMILES string of the molecule is Cc1ccccc1Nc1nc(N)nc(COc2ccccc2Br)n1. The van der Waals surface area contributed by atoms with Crippen LogP contribution in [0.5, 0.6) is 5.75 Å². The Labute approximate surface area is 148 Å². The minimum atomic E-state index is 0.145. The molecule has 0 aliphatic heterocycles. The van der Waals surface area contributed by atoms with Crippen molar-refractivity contribution in [3.05, 3.63) is 64.4 Å². The zero-order chi connectivity index (χ0) is 16.9. The number of hydrogen-bond acceptors (Lipinski definition) is 6. The number of aromatic nitrogens is 3. The minimum absolute atomic E-state index is 0.145. The summed E-state index contributed by atoms with van der Waals surface area (Å²) in [6, 6.07) is 15.4. The van der Waals surface area contributed by atoms with Gasteiger partial charge in [0, 0.05) is 5.69 Å². The first-order valence-electron chi connectivity index (χ1n) is 7.32. The van der Waals surface area contributed by atoms with Gasteiger partial charge in [0.25, 0.3) is 0 Å². The highest BCUT2D eigenvalue weighted by atomic mass is 79.9. The summed E-state index contributed by atoms with van der Waals surface area (Å²) in [5.74, 6) is 1.70. The van der Waals surface area contributed by atoms with Gasteiger partial charge < -0.3 is 15.8 Å². The van der Waals surface area contributed by atoms with E-state index in [1.54, 1.807) is 0 Å². The summed E-state index contributed by atoms with van der Waals surface area (Å²) >= 11 is 3.44. The lowest BCUT2D eigenvalue weighted by Gasteiger charge is -2.10. The standard InChI is InChI=1S/C17H16BrN5O/c1-11-6-2-4-8-13(11)20-17-22-15(21-16(19)23-17)10-24-14-9-5-3-7-12(14)18/h2-9H,10H2,1H3,(H3,19,20,21,22,23). The van der Waals surface area contributed by atoms with Crippen molar-refractivity contribution in [2.75, 3.05) is 11.1 Å². The highest BCUT2D eigenvalue weighted by molar-refractivity contribution is 9.10. The molecule has 2 aromatic carbocycles. The monoisotopic (exact) mass is 385 g/mol. The number of para-hydroxylation sites is 2. The summed E-state index contributed by atoms with van der Waals surface area (Å²) in [6.45, 7) is 2.20. The molecule has 7 heteroatoms. The van der Waals surface area contributed by atoms with Crippen LogP contribution in [0, 0.1) is 6.92 Å². The van der Waals surface area contributed by atoms with Gasteiger partial charge in [0.15, 0.2) is 5.82 Å². The molecular weight excluding hydrogens is 370 g/mol. The molecule has 0 aliphatic carbocycles. The number of nitrogens with one attached hydrogen (secondary N) is 1. The number of anilines is 3. The van der Waals surface area contributed by atoms with Crippen LogP contribution < -0.4 is 15.8 Å². The van der Waals surface area contributed by atoms with E-state index in [-0.39, 0.29) is 12.6 Å². The summed E-state index contributed by atoms with van der Waals surface area (Å²) in [6.07, 6.45) is 0. The van der Waals surface area contributed by atoms with Crippen molar-refractivity contribution in [3.8, 4) is 5.75 Å². The first kappa shape index (κ1) is 16.2. The van der Waals surface area contributed by atoms with Gasteiger partial charge in [-0.15, -0.1) is 0 Å². The third-order valence-electron chi connectivity index (χ3n) is 3.28. The molecule has 0 saturated heterocycles. The molecule has 1 heterocycles. The summed E-state index contributed by atoms with van der Waals surface area (Å²) in [5.41, 5.74) is 7.79. The third-order valence-corrected chi connectivity index (χ3v) is 3.94. The Morgan fingerprint density at radius 1 is 1.04 bits per heavy atom. The van der Waals surface area contributed by atoms with Crippen molar-refractivity contribution in [1.82, 2.24) is 15.0 Å². The average molecular weight is 386 g/mol. The Morgan fingerprint density at radius 3 is 2.58 bits per heavy atom. The van der Waals surface area contributed by atoms with Crippen molar-refractivity contribution in [3.63, 3.8) is 0 Å². The molecule has 3 N–H and O–H groups in total. The molecule has 24 heavy (non-hydrogen) atoms. The van der Waals surface area contributed by atoms with Gasteiger partial charge in [-0.25, -0.2) is 0 Å². The molecule has 122 valence electrons. The maximum absolute atomic E-state index is 5.78. The van der Waals surface area contributed by atoms with Gasteiger partial charge in [0.2, 0.25) is 11.9 Å². The van der Waals surface area contributed by atoms with E-state index in [1.165, 1.54) is 0 Å². The molecule has 1 aromatic heterocycles. The van der Waals surface area contributed by atoms with E-state index in [2.05, 4.69) is 36.2 Å². The highest BCUT2D eigenvalue weighted by Gasteiger charge is 2.08. The molecule has 0 spiro atoms. The van der Waals surface area contributed by atoms with Crippen LogP contribution in [0.2, 0.25) is 0 Å². The summed E-state index contributed by atoms with van der Waals surface area (Å²) in [4.78, 5) is 12.6. The van der Waals surface area contributed by atoms with Gasteiger partial charge in [-0.1, -0.05) is 30.3 Å². The van der Waals surface area contributed by atoms with Crippen LogP contribution >= 0.6 is 15.9 Å². The molecule has 6 nitrogen and oxygen atoms in total. The first-order chi connectivity index (χ1) is 11.6. The van der Waals surface area contributed by atoms with E-state index in [0.717, 1.165) is 15.7 Å². The molecular formula is C17H16BrN5O.